The van der Waals surface area contributed by atoms with E-state index >= 15 is 0 Å². The standard InChI is InChI=1S/C20H28F3N5O.HI/c1-4-24-19(26-13-17-14-28(3)27-18(17)20(21,22)23)25-11-8-12-29-15(2)16-9-6-5-7-10-16;/h5-7,9-10,14-15H,4,8,11-13H2,1-3H3,(H2,24,25,26);1H. The van der Waals surface area contributed by atoms with Crippen molar-refractivity contribution in [2.75, 3.05) is 19.7 Å². The van der Waals surface area contributed by atoms with Crippen molar-refractivity contribution in [1.29, 1.82) is 0 Å². The van der Waals surface area contributed by atoms with Gasteiger partial charge in [-0.2, -0.15) is 18.3 Å². The third-order valence-electron chi connectivity index (χ3n) is 4.18. The molecule has 0 spiro atoms. The molecule has 6 nitrogen and oxygen atoms in total. The van der Waals surface area contributed by atoms with E-state index in [0.29, 0.717) is 25.7 Å². The number of aliphatic imine (C=N–C) groups is 1. The molecule has 168 valence electrons. The fourth-order valence-electron chi connectivity index (χ4n) is 2.76. The van der Waals surface area contributed by atoms with Crippen molar-refractivity contribution in [1.82, 2.24) is 20.4 Å². The Balaban J connectivity index is 0.00000450. The maximum atomic E-state index is 13.0. The second-order valence-electron chi connectivity index (χ2n) is 6.57. The van der Waals surface area contributed by atoms with Gasteiger partial charge in [0.1, 0.15) is 0 Å². The van der Waals surface area contributed by atoms with Crippen LogP contribution in [0, 0.1) is 0 Å². The third-order valence-corrected chi connectivity index (χ3v) is 4.18. The average Bonchev–Trinajstić information content (AvgIpc) is 3.07. The molecule has 1 heterocycles. The average molecular weight is 539 g/mol. The van der Waals surface area contributed by atoms with Gasteiger partial charge in [0.05, 0.1) is 12.6 Å². The normalized spacial score (nSPS) is 12.9. The minimum atomic E-state index is -4.50. The number of benzene rings is 1. The number of nitrogens with one attached hydrogen (secondary N) is 2. The molecule has 30 heavy (non-hydrogen) atoms. The summed E-state index contributed by atoms with van der Waals surface area (Å²) in [5.74, 6) is 0.459. The number of alkyl halides is 3. The van der Waals surface area contributed by atoms with Crippen LogP contribution < -0.4 is 10.6 Å². The first kappa shape index (κ1) is 26.2. The first-order chi connectivity index (χ1) is 13.8. The Morgan fingerprint density at radius 2 is 1.93 bits per heavy atom. The lowest BCUT2D eigenvalue weighted by molar-refractivity contribution is -0.142. The predicted molar refractivity (Wildman–Crippen MR) is 122 cm³/mol. The Morgan fingerprint density at radius 3 is 2.57 bits per heavy atom. The van der Waals surface area contributed by atoms with Gasteiger partial charge < -0.3 is 15.4 Å². The number of aromatic nitrogens is 2. The summed E-state index contributed by atoms with van der Waals surface area (Å²) in [6.45, 7) is 5.54. The van der Waals surface area contributed by atoms with Crippen molar-refractivity contribution >= 4 is 29.9 Å². The first-order valence-corrected chi connectivity index (χ1v) is 9.59. The maximum Gasteiger partial charge on any atom is 0.435 e. The molecule has 2 rings (SSSR count). The highest BCUT2D eigenvalue weighted by molar-refractivity contribution is 14.0. The van der Waals surface area contributed by atoms with E-state index in [9.17, 15) is 13.2 Å². The number of halogens is 4. The van der Waals surface area contributed by atoms with Crippen molar-refractivity contribution in [2.24, 2.45) is 12.0 Å². The molecule has 1 unspecified atom stereocenters. The van der Waals surface area contributed by atoms with Crippen LogP contribution in [-0.4, -0.2) is 35.4 Å². The lowest BCUT2D eigenvalue weighted by Crippen LogP contribution is -2.38. The summed E-state index contributed by atoms with van der Waals surface area (Å²) in [7, 11) is 1.46. The van der Waals surface area contributed by atoms with Crippen LogP contribution in [0.25, 0.3) is 0 Å². The summed E-state index contributed by atoms with van der Waals surface area (Å²) in [5, 5.41) is 9.65. The highest BCUT2D eigenvalue weighted by Crippen LogP contribution is 2.30. The molecule has 0 fully saturated rings. The molecular formula is C20H29F3IN5O. The van der Waals surface area contributed by atoms with E-state index in [1.807, 2.05) is 44.2 Å². The van der Waals surface area contributed by atoms with Crippen LogP contribution in [0.15, 0.2) is 41.5 Å². The molecule has 10 heteroatoms. The van der Waals surface area contributed by atoms with Crippen LogP contribution in [0.5, 0.6) is 0 Å². The Kier molecular flexibility index (Phi) is 11.2. The summed E-state index contributed by atoms with van der Waals surface area (Å²) in [6.07, 6.45) is -2.41. The quantitative estimate of drug-likeness (QED) is 0.216. The molecule has 0 saturated heterocycles. The number of nitrogens with zero attached hydrogens (tertiary/aromatic N) is 3. The molecule has 0 aliphatic carbocycles. The second kappa shape index (κ2) is 12.8. The molecule has 2 N–H and O–H groups in total. The molecule has 1 aromatic carbocycles. The molecule has 2 aromatic rings. The van der Waals surface area contributed by atoms with Gasteiger partial charge in [0.2, 0.25) is 0 Å². The largest absolute Gasteiger partial charge is 0.435 e. The zero-order chi connectivity index (χ0) is 21.3. The molecule has 0 aliphatic heterocycles. The van der Waals surface area contributed by atoms with Crippen LogP contribution in [0.4, 0.5) is 13.2 Å². The van der Waals surface area contributed by atoms with Crippen LogP contribution in [0.1, 0.15) is 43.2 Å². The Morgan fingerprint density at radius 1 is 1.23 bits per heavy atom. The first-order valence-electron chi connectivity index (χ1n) is 9.59. The molecular weight excluding hydrogens is 510 g/mol. The van der Waals surface area contributed by atoms with E-state index in [2.05, 4.69) is 20.7 Å². The van der Waals surface area contributed by atoms with E-state index in [0.717, 1.165) is 16.7 Å². The van der Waals surface area contributed by atoms with Gasteiger partial charge in [0.15, 0.2) is 11.7 Å². The van der Waals surface area contributed by atoms with E-state index < -0.39 is 11.9 Å². The summed E-state index contributed by atoms with van der Waals surface area (Å²) < 4.78 is 46.1. The van der Waals surface area contributed by atoms with Gasteiger partial charge in [-0.15, -0.1) is 24.0 Å². The Labute approximate surface area is 192 Å². The molecule has 0 saturated carbocycles. The highest BCUT2D eigenvalue weighted by atomic mass is 127. The summed E-state index contributed by atoms with van der Waals surface area (Å²) in [4.78, 5) is 4.25. The van der Waals surface area contributed by atoms with Crippen molar-refractivity contribution in [3.63, 3.8) is 0 Å². The lowest BCUT2D eigenvalue weighted by Gasteiger charge is -2.14. The van der Waals surface area contributed by atoms with Gasteiger partial charge in [0, 0.05) is 38.5 Å². The topological polar surface area (TPSA) is 63.5 Å². The summed E-state index contributed by atoms with van der Waals surface area (Å²) >= 11 is 0. The molecule has 1 atom stereocenters. The van der Waals surface area contributed by atoms with Crippen molar-refractivity contribution in [3.05, 3.63) is 53.3 Å². The predicted octanol–water partition coefficient (Wildman–Crippen LogP) is 4.28. The maximum absolute atomic E-state index is 13.0. The number of aryl methyl sites for hydroxylation is 1. The van der Waals surface area contributed by atoms with Gasteiger partial charge in [-0.1, -0.05) is 30.3 Å². The monoisotopic (exact) mass is 539 g/mol. The molecule has 0 radical (unpaired) electrons. The van der Waals surface area contributed by atoms with Gasteiger partial charge >= 0.3 is 6.18 Å². The van der Waals surface area contributed by atoms with Gasteiger partial charge in [0.25, 0.3) is 0 Å². The van der Waals surface area contributed by atoms with Gasteiger partial charge in [-0.05, 0) is 25.8 Å². The smallest absolute Gasteiger partial charge is 0.374 e. The fourth-order valence-corrected chi connectivity index (χ4v) is 2.76. The van der Waals surface area contributed by atoms with Crippen molar-refractivity contribution in [3.8, 4) is 0 Å². The number of guanidine groups is 1. The molecule has 0 bridgehead atoms. The SMILES string of the molecule is CCNC(=NCc1cn(C)nc1C(F)(F)F)NCCCOC(C)c1ccccc1.I. The van der Waals surface area contributed by atoms with Crippen LogP contribution in [-0.2, 0) is 24.5 Å². The van der Waals surface area contributed by atoms with E-state index in [1.165, 1.54) is 13.2 Å². The van der Waals surface area contributed by atoms with Gasteiger partial charge in [-0.3, -0.25) is 4.68 Å². The third kappa shape index (κ3) is 8.50. The van der Waals surface area contributed by atoms with Crippen molar-refractivity contribution in [2.45, 2.75) is 39.1 Å². The number of hydrogen-bond donors (Lipinski definition) is 2. The second-order valence-corrected chi connectivity index (χ2v) is 6.57. The zero-order valence-electron chi connectivity index (χ0n) is 17.4. The van der Waals surface area contributed by atoms with Crippen molar-refractivity contribution < 1.29 is 17.9 Å². The van der Waals surface area contributed by atoms with Gasteiger partial charge in [-0.25, -0.2) is 4.99 Å². The van der Waals surface area contributed by atoms with E-state index in [-0.39, 0.29) is 42.2 Å². The molecule has 1 aromatic heterocycles. The number of hydrogen-bond acceptors (Lipinski definition) is 3. The number of ether oxygens (including phenoxy) is 1. The van der Waals surface area contributed by atoms with Crippen LogP contribution in [0.2, 0.25) is 0 Å². The lowest BCUT2D eigenvalue weighted by atomic mass is 10.1. The van der Waals surface area contributed by atoms with E-state index in [1.54, 1.807) is 0 Å². The van der Waals surface area contributed by atoms with Crippen LogP contribution in [0.3, 0.4) is 0 Å². The number of rotatable bonds is 9. The Bertz CT molecular complexity index is 780. The summed E-state index contributed by atoms with van der Waals surface area (Å²) in [5.41, 5.74) is 0.257. The van der Waals surface area contributed by atoms with E-state index in [4.69, 9.17) is 4.74 Å². The summed E-state index contributed by atoms with van der Waals surface area (Å²) in [6, 6.07) is 9.95. The molecule has 0 aliphatic rings. The minimum Gasteiger partial charge on any atom is -0.374 e. The minimum absolute atomic E-state index is 0. The fraction of sp³-hybridized carbons (Fsp3) is 0.500. The molecule has 0 amide bonds. The zero-order valence-corrected chi connectivity index (χ0v) is 19.7. The highest BCUT2D eigenvalue weighted by Gasteiger charge is 2.36. The van der Waals surface area contributed by atoms with Crippen LogP contribution >= 0.6 is 24.0 Å². The Hall–Kier alpha value is -1.82.